The lowest BCUT2D eigenvalue weighted by Gasteiger charge is -2.44. The van der Waals surface area contributed by atoms with Gasteiger partial charge in [-0.2, -0.15) is 0 Å². The molecule has 0 saturated heterocycles. The van der Waals surface area contributed by atoms with Crippen LogP contribution in [0.3, 0.4) is 0 Å². The van der Waals surface area contributed by atoms with Crippen molar-refractivity contribution in [1.82, 2.24) is 0 Å². The minimum absolute atomic E-state index is 0.0397. The summed E-state index contributed by atoms with van der Waals surface area (Å²) in [5.74, 6) is 0. The molecule has 11 aromatic rings. The fourth-order valence-electron chi connectivity index (χ4n) is 12.4. The van der Waals surface area contributed by atoms with Crippen molar-refractivity contribution in [1.29, 1.82) is 0 Å². The summed E-state index contributed by atoms with van der Waals surface area (Å²) in [7, 11) is 0. The molecule has 0 aromatic heterocycles. The van der Waals surface area contributed by atoms with Gasteiger partial charge < -0.3 is 9.80 Å². The van der Waals surface area contributed by atoms with Crippen LogP contribution in [0.15, 0.2) is 291 Å². The van der Waals surface area contributed by atoms with E-state index < -0.39 is 10.8 Å². The number of hydrogen-bond donors (Lipinski definition) is 0. The van der Waals surface area contributed by atoms with Gasteiger partial charge in [0.25, 0.3) is 6.71 Å². The first-order valence-corrected chi connectivity index (χ1v) is 25.1. The molecule has 11 aromatic carbocycles. The summed E-state index contributed by atoms with van der Waals surface area (Å²) in [6.45, 7) is 2.29. The number of aryl methyl sites for hydroxylation is 1. The first-order valence-electron chi connectivity index (χ1n) is 25.1. The molecule has 0 amide bonds. The largest absolute Gasteiger partial charge is 0.311 e. The maximum absolute atomic E-state index is 2.51. The Labute approximate surface area is 423 Å². The molecule has 2 aliphatic heterocycles. The van der Waals surface area contributed by atoms with E-state index in [1.165, 1.54) is 89.2 Å². The molecule has 340 valence electrons. The number of nitrogens with zero attached hydrogens (tertiary/aromatic N) is 2. The van der Waals surface area contributed by atoms with Gasteiger partial charge in [0.2, 0.25) is 0 Å². The highest BCUT2D eigenvalue weighted by Gasteiger charge is 2.45. The smallest absolute Gasteiger partial charge is 0.252 e. The van der Waals surface area contributed by atoms with Crippen LogP contribution in [0.4, 0.5) is 34.1 Å². The number of para-hydroxylation sites is 2. The molecule has 0 spiro atoms. The average Bonchev–Trinajstić information content (AvgIpc) is 3.45. The van der Waals surface area contributed by atoms with E-state index in [4.69, 9.17) is 0 Å². The van der Waals surface area contributed by atoms with Gasteiger partial charge in [-0.05, 0) is 122 Å². The monoisotopic (exact) mass is 918 g/mol. The Morgan fingerprint density at radius 1 is 0.264 bits per heavy atom. The molecule has 3 heteroatoms. The maximum Gasteiger partial charge on any atom is 0.252 e. The van der Waals surface area contributed by atoms with Crippen molar-refractivity contribution in [3.63, 3.8) is 0 Å². The molecular formula is C69H51BN2. The summed E-state index contributed by atoms with van der Waals surface area (Å²) in [6.07, 6.45) is 0. The third-order valence-electron chi connectivity index (χ3n) is 15.4. The van der Waals surface area contributed by atoms with Crippen LogP contribution < -0.4 is 26.2 Å². The Morgan fingerprint density at radius 3 is 0.806 bits per heavy atom. The van der Waals surface area contributed by atoms with Crippen LogP contribution in [0.5, 0.6) is 0 Å². The standard InChI is InChI=1S/C69H51BN2/c1-50-48-65-67-66(49-50)72(60-46-42-58(43-47-60)69(54-30-14-5-15-31-54,55-32-16-6-17-33-55)56-34-18-7-19-35-56)64-39-23-21-37-62(64)70(67)61-36-20-22-38-63(61)71(65)59-44-40-57(41-45-59)68(51-24-8-2-9-25-51,52-26-10-3-11-27-52)53-28-12-4-13-29-53/h2-49H,1H3. The van der Waals surface area contributed by atoms with Crippen LogP contribution in [-0.4, -0.2) is 6.71 Å². The molecule has 0 bridgehead atoms. The minimum atomic E-state index is -0.543. The molecule has 13 rings (SSSR count). The van der Waals surface area contributed by atoms with E-state index in [1.807, 2.05) is 0 Å². The quantitative estimate of drug-likeness (QED) is 0.0996. The molecule has 0 N–H and O–H groups in total. The topological polar surface area (TPSA) is 6.48 Å². The SMILES string of the molecule is Cc1cc2c3c(c1)N(c1ccc(C(c4ccccc4)(c4ccccc4)c4ccccc4)cc1)c1ccccc1B3c1ccccc1N2c1ccc(C(c2ccccc2)(c2ccccc2)c2ccccc2)cc1. The van der Waals surface area contributed by atoms with E-state index in [0.29, 0.717) is 0 Å². The summed E-state index contributed by atoms with van der Waals surface area (Å²) >= 11 is 0. The Balaban J connectivity index is 0.983. The van der Waals surface area contributed by atoms with Crippen molar-refractivity contribution in [2.24, 2.45) is 0 Å². The molecule has 0 atom stereocenters. The first kappa shape index (κ1) is 43.1. The lowest BCUT2D eigenvalue weighted by Crippen LogP contribution is -2.61. The zero-order valence-corrected chi connectivity index (χ0v) is 40.2. The van der Waals surface area contributed by atoms with Gasteiger partial charge in [0.15, 0.2) is 0 Å². The van der Waals surface area contributed by atoms with Gasteiger partial charge in [0.05, 0.1) is 10.8 Å². The number of anilines is 6. The third kappa shape index (κ3) is 6.73. The van der Waals surface area contributed by atoms with Crippen LogP contribution in [0.25, 0.3) is 0 Å². The number of hydrogen-bond acceptors (Lipinski definition) is 2. The lowest BCUT2D eigenvalue weighted by atomic mass is 9.33. The highest BCUT2D eigenvalue weighted by molar-refractivity contribution is 7.00. The summed E-state index contributed by atoms with van der Waals surface area (Å²) in [5, 5.41) is 0. The summed E-state index contributed by atoms with van der Waals surface area (Å²) in [5.41, 5.74) is 20.9. The second-order valence-corrected chi connectivity index (χ2v) is 19.2. The molecule has 0 saturated carbocycles. The van der Waals surface area contributed by atoms with Crippen molar-refractivity contribution in [2.75, 3.05) is 9.80 Å². The molecular weight excluding hydrogens is 868 g/mol. The third-order valence-corrected chi connectivity index (χ3v) is 15.4. The van der Waals surface area contributed by atoms with Crippen LogP contribution in [0.1, 0.15) is 50.1 Å². The van der Waals surface area contributed by atoms with Crippen LogP contribution >= 0.6 is 0 Å². The molecule has 0 radical (unpaired) electrons. The predicted octanol–water partition coefficient (Wildman–Crippen LogP) is 14.8. The number of rotatable bonds is 10. The summed E-state index contributed by atoms with van der Waals surface area (Å²) in [6, 6.07) is 108. The highest BCUT2D eigenvalue weighted by Crippen LogP contribution is 2.50. The molecule has 0 fully saturated rings. The van der Waals surface area contributed by atoms with Crippen molar-refractivity contribution < 1.29 is 0 Å². The predicted molar refractivity (Wildman–Crippen MR) is 302 cm³/mol. The molecule has 2 aliphatic rings. The Hall–Kier alpha value is -8.92. The number of fused-ring (bicyclic) bond motifs is 4. The highest BCUT2D eigenvalue weighted by atomic mass is 15.2. The normalized spacial score (nSPS) is 12.7. The Morgan fingerprint density at radius 2 is 0.514 bits per heavy atom. The van der Waals surface area contributed by atoms with Gasteiger partial charge in [-0.25, -0.2) is 0 Å². The van der Waals surface area contributed by atoms with Crippen molar-refractivity contribution in [3.8, 4) is 0 Å². The fraction of sp³-hybridized carbons (Fsp3) is 0.0435. The van der Waals surface area contributed by atoms with Crippen LogP contribution in [0, 0.1) is 6.92 Å². The van der Waals surface area contributed by atoms with Gasteiger partial charge in [-0.3, -0.25) is 0 Å². The second kappa shape index (κ2) is 17.8. The first-order chi connectivity index (χ1) is 35.7. The van der Waals surface area contributed by atoms with E-state index in [9.17, 15) is 0 Å². The van der Waals surface area contributed by atoms with Gasteiger partial charge in [0, 0.05) is 34.1 Å². The average molecular weight is 919 g/mol. The van der Waals surface area contributed by atoms with E-state index >= 15 is 0 Å². The van der Waals surface area contributed by atoms with Gasteiger partial charge >= 0.3 is 0 Å². The molecule has 2 heterocycles. The van der Waals surface area contributed by atoms with Crippen LogP contribution in [0.2, 0.25) is 0 Å². The lowest BCUT2D eigenvalue weighted by molar-refractivity contribution is 0.745. The molecule has 0 aliphatic carbocycles. The van der Waals surface area contributed by atoms with E-state index in [1.54, 1.807) is 0 Å². The van der Waals surface area contributed by atoms with Crippen LogP contribution in [-0.2, 0) is 10.8 Å². The zero-order chi connectivity index (χ0) is 48.1. The summed E-state index contributed by atoms with van der Waals surface area (Å²) < 4.78 is 0. The van der Waals surface area contributed by atoms with Gasteiger partial charge in [0.1, 0.15) is 0 Å². The molecule has 72 heavy (non-hydrogen) atoms. The molecule has 2 nitrogen and oxygen atoms in total. The van der Waals surface area contributed by atoms with E-state index in [-0.39, 0.29) is 6.71 Å². The molecule has 0 unspecified atom stereocenters. The van der Waals surface area contributed by atoms with Gasteiger partial charge in [-0.1, -0.05) is 243 Å². The maximum atomic E-state index is 2.51. The van der Waals surface area contributed by atoms with Crippen molar-refractivity contribution >= 4 is 57.2 Å². The summed E-state index contributed by atoms with van der Waals surface area (Å²) in [4.78, 5) is 5.03. The number of benzene rings is 11. The van der Waals surface area contributed by atoms with Crippen molar-refractivity contribution in [2.45, 2.75) is 17.8 Å². The van der Waals surface area contributed by atoms with Gasteiger partial charge in [-0.15, -0.1) is 0 Å². The minimum Gasteiger partial charge on any atom is -0.311 e. The van der Waals surface area contributed by atoms with Crippen molar-refractivity contribution in [3.05, 3.63) is 341 Å². The Kier molecular flexibility index (Phi) is 10.7. The fourth-order valence-corrected chi connectivity index (χ4v) is 12.4. The van der Waals surface area contributed by atoms with E-state index in [2.05, 4.69) is 308 Å². The second-order valence-electron chi connectivity index (χ2n) is 19.2. The zero-order valence-electron chi connectivity index (χ0n) is 40.2. The Bertz CT molecular complexity index is 3240. The van der Waals surface area contributed by atoms with E-state index in [0.717, 1.165) is 11.4 Å².